The van der Waals surface area contributed by atoms with Gasteiger partial charge in [0, 0.05) is 25.2 Å². The largest absolute Gasteiger partial charge is 0.481 e. The molecule has 0 aliphatic carbocycles. The van der Waals surface area contributed by atoms with Crippen LogP contribution in [0.1, 0.15) is 0 Å². The third kappa shape index (κ3) is 2.49. The lowest BCUT2D eigenvalue weighted by molar-refractivity contribution is 0.135. The molecule has 0 spiro atoms. The molecule has 1 fully saturated rings. The Morgan fingerprint density at radius 3 is 2.64 bits per heavy atom. The van der Waals surface area contributed by atoms with E-state index in [2.05, 4.69) is 10.3 Å². The average Bonchev–Trinajstić information content (AvgIpc) is 2.12. The first-order valence-corrected chi connectivity index (χ1v) is 4.27. The number of halogens is 1. The van der Waals surface area contributed by atoms with Gasteiger partial charge in [0.1, 0.15) is 6.10 Å². The molecule has 2 rings (SSSR count). The Morgan fingerprint density at radius 2 is 2.07 bits per heavy atom. The van der Waals surface area contributed by atoms with Crippen LogP contribution in [0.3, 0.4) is 0 Å². The van der Waals surface area contributed by atoms with Gasteiger partial charge in [0.25, 0.3) is 0 Å². The molecule has 4 nitrogen and oxygen atoms in total. The van der Waals surface area contributed by atoms with Crippen molar-refractivity contribution in [2.45, 2.75) is 6.10 Å². The molecular formula is C9H13ClN2O2. The molecule has 0 unspecified atom stereocenters. The van der Waals surface area contributed by atoms with Crippen molar-refractivity contribution in [1.29, 1.82) is 0 Å². The number of nitrogens with one attached hydrogen (secondary N) is 1. The van der Waals surface area contributed by atoms with Crippen molar-refractivity contribution in [2.24, 2.45) is 0 Å². The van der Waals surface area contributed by atoms with Gasteiger partial charge in [-0.05, 0) is 0 Å². The third-order valence-corrected chi connectivity index (χ3v) is 1.94. The van der Waals surface area contributed by atoms with Gasteiger partial charge in [0.05, 0.1) is 7.11 Å². The second-order valence-corrected chi connectivity index (χ2v) is 2.92. The van der Waals surface area contributed by atoms with Crippen molar-refractivity contribution in [3.8, 4) is 11.8 Å². The van der Waals surface area contributed by atoms with Crippen LogP contribution in [0.4, 0.5) is 0 Å². The van der Waals surface area contributed by atoms with E-state index >= 15 is 0 Å². The maximum absolute atomic E-state index is 5.54. The molecule has 5 heteroatoms. The van der Waals surface area contributed by atoms with Crippen LogP contribution in [-0.4, -0.2) is 31.3 Å². The molecule has 1 aliphatic heterocycles. The predicted octanol–water partition coefficient (Wildman–Crippen LogP) is 0.863. The highest BCUT2D eigenvalue weighted by atomic mass is 35.5. The molecule has 0 bridgehead atoms. The lowest BCUT2D eigenvalue weighted by Crippen LogP contribution is -2.50. The summed E-state index contributed by atoms with van der Waals surface area (Å²) >= 11 is 0. The molecule has 0 amide bonds. The zero-order valence-electron chi connectivity index (χ0n) is 7.90. The zero-order chi connectivity index (χ0) is 9.10. The summed E-state index contributed by atoms with van der Waals surface area (Å²) in [4.78, 5) is 4.14. The zero-order valence-corrected chi connectivity index (χ0v) is 8.71. The van der Waals surface area contributed by atoms with Crippen molar-refractivity contribution in [3.05, 3.63) is 18.2 Å². The fourth-order valence-corrected chi connectivity index (χ4v) is 1.09. The van der Waals surface area contributed by atoms with Gasteiger partial charge in [0.2, 0.25) is 11.8 Å². The van der Waals surface area contributed by atoms with E-state index in [1.807, 2.05) is 12.1 Å². The van der Waals surface area contributed by atoms with Gasteiger partial charge < -0.3 is 14.8 Å². The van der Waals surface area contributed by atoms with Crippen LogP contribution in [0.15, 0.2) is 18.2 Å². The molecule has 1 saturated heterocycles. The minimum absolute atomic E-state index is 0. The van der Waals surface area contributed by atoms with Crippen molar-refractivity contribution in [3.63, 3.8) is 0 Å². The van der Waals surface area contributed by atoms with Crippen LogP contribution < -0.4 is 14.8 Å². The van der Waals surface area contributed by atoms with E-state index in [9.17, 15) is 0 Å². The summed E-state index contributed by atoms with van der Waals surface area (Å²) in [5, 5.41) is 3.13. The fourth-order valence-electron chi connectivity index (χ4n) is 1.09. The van der Waals surface area contributed by atoms with Crippen LogP contribution in [0, 0.1) is 0 Å². The van der Waals surface area contributed by atoms with Crippen molar-refractivity contribution < 1.29 is 9.47 Å². The maximum Gasteiger partial charge on any atom is 0.216 e. The number of pyridine rings is 1. The van der Waals surface area contributed by atoms with Crippen molar-refractivity contribution in [1.82, 2.24) is 10.3 Å². The Bertz CT molecular complexity index is 292. The Kier molecular flexibility index (Phi) is 3.98. The molecule has 0 saturated carbocycles. The Balaban J connectivity index is 0.000000980. The second kappa shape index (κ2) is 5.02. The lowest BCUT2D eigenvalue weighted by Gasteiger charge is -2.27. The number of rotatable bonds is 3. The lowest BCUT2D eigenvalue weighted by atomic mass is 10.2. The first-order valence-electron chi connectivity index (χ1n) is 4.27. The summed E-state index contributed by atoms with van der Waals surface area (Å²) in [5.41, 5.74) is 0. The normalized spacial score (nSPS) is 15.2. The van der Waals surface area contributed by atoms with E-state index < -0.39 is 0 Å². The van der Waals surface area contributed by atoms with Crippen LogP contribution in [0.25, 0.3) is 0 Å². The topological polar surface area (TPSA) is 43.4 Å². The number of methoxy groups -OCH3 is 1. The molecule has 0 radical (unpaired) electrons. The number of aromatic nitrogens is 1. The smallest absolute Gasteiger partial charge is 0.216 e. The third-order valence-electron chi connectivity index (χ3n) is 1.94. The highest BCUT2D eigenvalue weighted by Gasteiger charge is 2.18. The highest BCUT2D eigenvalue weighted by molar-refractivity contribution is 5.85. The monoisotopic (exact) mass is 216 g/mol. The second-order valence-electron chi connectivity index (χ2n) is 2.92. The molecule has 1 N–H and O–H groups in total. The van der Waals surface area contributed by atoms with E-state index in [1.165, 1.54) is 0 Å². The summed E-state index contributed by atoms with van der Waals surface area (Å²) in [6, 6.07) is 5.50. The minimum Gasteiger partial charge on any atom is -0.481 e. The molecule has 1 aliphatic rings. The van der Waals surface area contributed by atoms with Crippen LogP contribution in [-0.2, 0) is 0 Å². The van der Waals surface area contributed by atoms with E-state index in [0.29, 0.717) is 11.8 Å². The van der Waals surface area contributed by atoms with Gasteiger partial charge in [-0.1, -0.05) is 6.07 Å². The molecule has 0 aromatic carbocycles. The van der Waals surface area contributed by atoms with Crippen molar-refractivity contribution in [2.75, 3.05) is 20.2 Å². The van der Waals surface area contributed by atoms with Gasteiger partial charge in [0.15, 0.2) is 0 Å². The number of ether oxygens (including phenoxy) is 2. The van der Waals surface area contributed by atoms with Crippen molar-refractivity contribution >= 4 is 12.4 Å². The number of hydrogen-bond acceptors (Lipinski definition) is 4. The predicted molar refractivity (Wildman–Crippen MR) is 55.3 cm³/mol. The van der Waals surface area contributed by atoms with Crippen LogP contribution >= 0.6 is 12.4 Å². The van der Waals surface area contributed by atoms with Gasteiger partial charge in [-0.3, -0.25) is 0 Å². The van der Waals surface area contributed by atoms with Crippen LogP contribution in [0.2, 0.25) is 0 Å². The molecule has 0 atom stereocenters. The summed E-state index contributed by atoms with van der Waals surface area (Å²) in [6.07, 6.45) is 0.264. The Labute approximate surface area is 89.0 Å². The Morgan fingerprint density at radius 1 is 1.36 bits per heavy atom. The van der Waals surface area contributed by atoms with Crippen LogP contribution in [0.5, 0.6) is 11.8 Å². The van der Waals surface area contributed by atoms with Gasteiger partial charge in [-0.25, -0.2) is 0 Å². The fraction of sp³-hybridized carbons (Fsp3) is 0.444. The summed E-state index contributed by atoms with van der Waals surface area (Å²) in [6.45, 7) is 1.80. The molecule has 2 heterocycles. The van der Waals surface area contributed by atoms with E-state index in [0.717, 1.165) is 13.1 Å². The maximum atomic E-state index is 5.54. The van der Waals surface area contributed by atoms with E-state index in [1.54, 1.807) is 13.2 Å². The van der Waals surface area contributed by atoms with E-state index in [-0.39, 0.29) is 18.5 Å². The SMILES string of the molecule is COc1cccc(OC2CNC2)n1.Cl. The summed E-state index contributed by atoms with van der Waals surface area (Å²) in [5.74, 6) is 1.22. The highest BCUT2D eigenvalue weighted by Crippen LogP contribution is 2.14. The quantitative estimate of drug-likeness (QED) is 0.814. The summed E-state index contributed by atoms with van der Waals surface area (Å²) in [7, 11) is 1.59. The van der Waals surface area contributed by atoms with Gasteiger partial charge >= 0.3 is 0 Å². The number of nitrogens with zero attached hydrogens (tertiary/aromatic N) is 1. The Hall–Kier alpha value is -1.00. The molecule has 1 aromatic rings. The molecule has 1 aromatic heterocycles. The minimum atomic E-state index is 0. The first-order chi connectivity index (χ1) is 6.38. The molecule has 78 valence electrons. The number of hydrogen-bond donors (Lipinski definition) is 1. The van der Waals surface area contributed by atoms with Gasteiger partial charge in [-0.15, -0.1) is 12.4 Å². The average molecular weight is 217 g/mol. The van der Waals surface area contributed by atoms with E-state index in [4.69, 9.17) is 9.47 Å². The standard InChI is InChI=1S/C9H12N2O2.ClH/c1-12-8-3-2-4-9(11-8)13-7-5-10-6-7;/h2-4,7,10H,5-6H2,1H3;1H. The molecule has 14 heavy (non-hydrogen) atoms. The van der Waals surface area contributed by atoms with Gasteiger partial charge in [-0.2, -0.15) is 4.98 Å². The molecular weight excluding hydrogens is 204 g/mol. The first kappa shape index (κ1) is 11.1. The summed E-state index contributed by atoms with van der Waals surface area (Å²) < 4.78 is 10.5.